The molecule has 0 aliphatic carbocycles. The minimum Gasteiger partial charge on any atom is -0.496 e. The van der Waals surface area contributed by atoms with Crippen molar-refractivity contribution in [3.63, 3.8) is 0 Å². The molecule has 4 heterocycles. The van der Waals surface area contributed by atoms with E-state index in [9.17, 15) is 10.1 Å². The van der Waals surface area contributed by atoms with Gasteiger partial charge in [-0.05, 0) is 51.2 Å². The number of anilines is 4. The summed E-state index contributed by atoms with van der Waals surface area (Å²) in [6.45, 7) is 2.72. The summed E-state index contributed by atoms with van der Waals surface area (Å²) in [4.78, 5) is 32.8. The van der Waals surface area contributed by atoms with Gasteiger partial charge < -0.3 is 15.0 Å². The second-order valence-electron chi connectivity index (χ2n) is 10.0. The van der Waals surface area contributed by atoms with Gasteiger partial charge >= 0.3 is 0 Å². The van der Waals surface area contributed by atoms with Crippen LogP contribution in [0, 0.1) is 11.3 Å². The van der Waals surface area contributed by atoms with Crippen molar-refractivity contribution < 1.29 is 9.53 Å². The SMILES string of the molecule is COc1cc(Nc2ncc3c(n2)N2CCN=C2N(c2c(Cl)cccc2Cl)C3=O)ccc1C1(C#N)CCN(C)CC1. The van der Waals surface area contributed by atoms with E-state index in [1.807, 2.05) is 23.1 Å². The first kappa shape index (κ1) is 26.3. The standard InChI is InChI=1S/C28H26Cl2N8O2/c1-36-11-8-28(16-31,9-12-36)19-7-6-17(14-22(19)40-2)34-26-33-15-18-24(35-26)37-13-10-32-27(37)38(25(18)39)23-20(29)4-3-5-21(23)30/h3-7,14-15H,8-13H2,1-2H3,(H,33,34,35). The number of methoxy groups -OCH3 is 1. The molecule has 3 aromatic rings. The number of ether oxygens (including phenoxy) is 1. The lowest BCUT2D eigenvalue weighted by Gasteiger charge is -2.36. The Labute approximate surface area is 241 Å². The Morgan fingerprint density at radius 2 is 1.88 bits per heavy atom. The summed E-state index contributed by atoms with van der Waals surface area (Å²) in [5, 5.41) is 14.0. The predicted molar refractivity (Wildman–Crippen MR) is 155 cm³/mol. The average Bonchev–Trinajstić information content (AvgIpc) is 3.45. The van der Waals surface area contributed by atoms with Crippen molar-refractivity contribution in [3.05, 3.63) is 63.8 Å². The third kappa shape index (κ3) is 4.31. The number of amides is 1. The maximum atomic E-state index is 13.6. The highest BCUT2D eigenvalue weighted by Gasteiger charge is 2.41. The lowest BCUT2D eigenvalue weighted by Crippen LogP contribution is -2.51. The fraction of sp³-hybridized carbons (Fsp3) is 0.321. The number of guanidine groups is 1. The molecule has 10 nitrogen and oxygen atoms in total. The van der Waals surface area contributed by atoms with Crippen LogP contribution < -0.4 is 19.9 Å². The Bertz CT molecular complexity index is 1560. The van der Waals surface area contributed by atoms with Gasteiger partial charge in [-0.2, -0.15) is 10.2 Å². The first-order chi connectivity index (χ1) is 19.3. The Morgan fingerprint density at radius 3 is 2.58 bits per heavy atom. The number of carbonyl (C=O) groups excluding carboxylic acids is 1. The Kier molecular flexibility index (Phi) is 6.74. The summed E-state index contributed by atoms with van der Waals surface area (Å²) in [5.74, 6) is 1.45. The third-order valence-corrected chi connectivity index (χ3v) is 8.28. The van der Waals surface area contributed by atoms with Crippen molar-refractivity contribution in [3.8, 4) is 11.8 Å². The van der Waals surface area contributed by atoms with Crippen LogP contribution in [-0.2, 0) is 5.41 Å². The summed E-state index contributed by atoms with van der Waals surface area (Å²) in [6, 6.07) is 13.3. The van der Waals surface area contributed by atoms with Crippen molar-refractivity contribution in [2.45, 2.75) is 18.3 Å². The van der Waals surface area contributed by atoms with E-state index < -0.39 is 5.41 Å². The molecule has 6 rings (SSSR count). The zero-order chi connectivity index (χ0) is 28.0. The molecular formula is C28H26Cl2N8O2. The number of nitrogens with one attached hydrogen (secondary N) is 1. The molecule has 1 amide bonds. The molecule has 40 heavy (non-hydrogen) atoms. The van der Waals surface area contributed by atoms with Gasteiger partial charge in [0.05, 0.1) is 40.9 Å². The minimum atomic E-state index is -0.596. The van der Waals surface area contributed by atoms with Crippen LogP contribution >= 0.6 is 23.2 Å². The molecule has 0 radical (unpaired) electrons. The van der Waals surface area contributed by atoms with E-state index in [4.69, 9.17) is 32.9 Å². The van der Waals surface area contributed by atoms with Gasteiger partial charge in [0, 0.05) is 30.1 Å². The number of rotatable bonds is 5. The quantitative estimate of drug-likeness (QED) is 0.458. The number of nitrogens with zero attached hydrogens (tertiary/aromatic N) is 7. The molecule has 3 aliphatic heterocycles. The molecule has 1 N–H and O–H groups in total. The molecule has 0 saturated carbocycles. The molecule has 1 saturated heterocycles. The summed E-state index contributed by atoms with van der Waals surface area (Å²) < 4.78 is 5.72. The van der Waals surface area contributed by atoms with Gasteiger partial charge in [0.1, 0.15) is 11.3 Å². The molecule has 0 bridgehead atoms. The number of nitriles is 1. The van der Waals surface area contributed by atoms with Gasteiger partial charge in [-0.15, -0.1) is 0 Å². The minimum absolute atomic E-state index is 0.311. The largest absolute Gasteiger partial charge is 0.496 e. The molecule has 0 spiro atoms. The van der Waals surface area contributed by atoms with Crippen LogP contribution in [-0.4, -0.2) is 67.1 Å². The van der Waals surface area contributed by atoms with E-state index in [0.29, 0.717) is 63.5 Å². The first-order valence-corrected chi connectivity index (χ1v) is 13.6. The Balaban J connectivity index is 1.32. The number of benzene rings is 2. The maximum Gasteiger partial charge on any atom is 0.270 e. The molecule has 1 aromatic heterocycles. The second-order valence-corrected chi connectivity index (χ2v) is 10.8. The highest BCUT2D eigenvalue weighted by molar-refractivity contribution is 6.43. The number of para-hydroxylation sites is 1. The highest BCUT2D eigenvalue weighted by atomic mass is 35.5. The van der Waals surface area contributed by atoms with Gasteiger partial charge in [0.2, 0.25) is 11.9 Å². The van der Waals surface area contributed by atoms with E-state index in [0.717, 1.165) is 31.5 Å². The number of carbonyl (C=O) groups is 1. The highest BCUT2D eigenvalue weighted by Crippen LogP contribution is 2.42. The molecule has 2 aromatic carbocycles. The zero-order valence-electron chi connectivity index (χ0n) is 22.0. The summed E-state index contributed by atoms with van der Waals surface area (Å²) in [7, 11) is 3.67. The van der Waals surface area contributed by atoms with Crippen LogP contribution in [0.4, 0.5) is 23.1 Å². The monoisotopic (exact) mass is 576 g/mol. The van der Waals surface area contributed by atoms with E-state index in [-0.39, 0.29) is 5.91 Å². The molecular weight excluding hydrogens is 551 g/mol. The van der Waals surface area contributed by atoms with Crippen molar-refractivity contribution in [1.82, 2.24) is 14.9 Å². The Hall–Kier alpha value is -3.91. The number of aromatic nitrogens is 2. The van der Waals surface area contributed by atoms with Crippen molar-refractivity contribution in [1.29, 1.82) is 5.26 Å². The van der Waals surface area contributed by atoms with E-state index in [1.54, 1.807) is 25.3 Å². The zero-order valence-corrected chi connectivity index (χ0v) is 23.5. The van der Waals surface area contributed by atoms with Crippen LogP contribution in [0.5, 0.6) is 5.75 Å². The number of piperidine rings is 1. The smallest absolute Gasteiger partial charge is 0.270 e. The molecule has 1 fully saturated rings. The second kappa shape index (κ2) is 10.2. The number of aliphatic imine (C=N–C) groups is 1. The van der Waals surface area contributed by atoms with Gasteiger partial charge in [-0.1, -0.05) is 35.3 Å². The van der Waals surface area contributed by atoms with E-state index in [2.05, 4.69) is 33.3 Å². The molecule has 12 heteroatoms. The number of hydrogen-bond donors (Lipinski definition) is 1. The van der Waals surface area contributed by atoms with Crippen LogP contribution in [0.2, 0.25) is 10.0 Å². The molecule has 0 atom stereocenters. The van der Waals surface area contributed by atoms with Gasteiger partial charge in [-0.3, -0.25) is 14.7 Å². The molecule has 204 valence electrons. The van der Waals surface area contributed by atoms with E-state index in [1.165, 1.54) is 11.1 Å². The third-order valence-electron chi connectivity index (χ3n) is 7.67. The molecule has 3 aliphatic rings. The van der Waals surface area contributed by atoms with Crippen LogP contribution in [0.25, 0.3) is 0 Å². The average molecular weight is 577 g/mol. The van der Waals surface area contributed by atoms with Gasteiger partial charge in [-0.25, -0.2) is 9.88 Å². The van der Waals surface area contributed by atoms with Crippen LogP contribution in [0.15, 0.2) is 47.6 Å². The van der Waals surface area contributed by atoms with Crippen molar-refractivity contribution in [2.24, 2.45) is 4.99 Å². The Morgan fingerprint density at radius 1 is 1.12 bits per heavy atom. The van der Waals surface area contributed by atoms with Crippen molar-refractivity contribution in [2.75, 3.05) is 55.5 Å². The maximum absolute atomic E-state index is 13.6. The predicted octanol–water partition coefficient (Wildman–Crippen LogP) is 4.86. The number of hydrogen-bond acceptors (Lipinski definition) is 9. The van der Waals surface area contributed by atoms with Crippen LogP contribution in [0.1, 0.15) is 28.8 Å². The number of halogens is 2. The molecule has 0 unspecified atom stereocenters. The van der Waals surface area contributed by atoms with E-state index >= 15 is 0 Å². The van der Waals surface area contributed by atoms with Gasteiger partial charge in [0.25, 0.3) is 5.91 Å². The summed E-state index contributed by atoms with van der Waals surface area (Å²) >= 11 is 12.9. The van der Waals surface area contributed by atoms with Crippen LogP contribution in [0.3, 0.4) is 0 Å². The topological polar surface area (TPSA) is 110 Å². The lowest BCUT2D eigenvalue weighted by atomic mass is 9.73. The number of likely N-dealkylation sites (tertiary alicyclic amines) is 1. The summed E-state index contributed by atoms with van der Waals surface area (Å²) in [6.07, 6.45) is 2.97. The fourth-order valence-corrected chi connectivity index (χ4v) is 6.03. The summed E-state index contributed by atoms with van der Waals surface area (Å²) in [5.41, 5.74) is 1.67. The normalized spacial score (nSPS) is 18.1. The fourth-order valence-electron chi connectivity index (χ4n) is 5.47. The first-order valence-electron chi connectivity index (χ1n) is 12.9. The van der Waals surface area contributed by atoms with Crippen molar-refractivity contribution >= 4 is 58.2 Å². The number of fused-ring (bicyclic) bond motifs is 3. The lowest BCUT2D eigenvalue weighted by molar-refractivity contribution is 0.1000. The van der Waals surface area contributed by atoms with Gasteiger partial charge in [0.15, 0.2) is 5.82 Å².